The zero-order chi connectivity index (χ0) is 13.0. The van der Waals surface area contributed by atoms with Gasteiger partial charge in [-0.1, -0.05) is 0 Å². The van der Waals surface area contributed by atoms with Crippen LogP contribution in [0, 0.1) is 6.92 Å². The molecule has 17 heavy (non-hydrogen) atoms. The summed E-state index contributed by atoms with van der Waals surface area (Å²) in [5.74, 6) is 0.220. The molecule has 0 aliphatic rings. The van der Waals surface area contributed by atoms with Crippen molar-refractivity contribution in [3.8, 4) is 0 Å². The third-order valence-corrected chi connectivity index (χ3v) is 3.89. The number of halogens is 1. The van der Waals surface area contributed by atoms with E-state index in [0.717, 1.165) is 22.3 Å². The number of hydrogen-bond donors (Lipinski definition) is 0. The van der Waals surface area contributed by atoms with E-state index in [1.165, 1.54) is 0 Å². The van der Waals surface area contributed by atoms with Gasteiger partial charge in [0.1, 0.15) is 5.78 Å². The van der Waals surface area contributed by atoms with Gasteiger partial charge in [0.2, 0.25) is 0 Å². The molecule has 1 atom stereocenters. The molecular weight excluding hydrogens is 284 g/mol. The molecule has 4 nitrogen and oxygen atoms in total. The summed E-state index contributed by atoms with van der Waals surface area (Å²) in [4.78, 5) is 11.8. The fourth-order valence-corrected chi connectivity index (χ4v) is 2.11. The van der Waals surface area contributed by atoms with Crippen LogP contribution < -0.4 is 0 Å². The van der Waals surface area contributed by atoms with Crippen molar-refractivity contribution in [3.63, 3.8) is 0 Å². The number of rotatable bonds is 6. The maximum Gasteiger partial charge on any atom is 0.138 e. The molecule has 0 fully saturated rings. The van der Waals surface area contributed by atoms with Crippen molar-refractivity contribution in [1.29, 1.82) is 0 Å². The Balaban J connectivity index is 2.56. The Morgan fingerprint density at radius 2 is 2.24 bits per heavy atom. The second-order valence-corrected chi connectivity index (χ2v) is 5.06. The Morgan fingerprint density at radius 1 is 1.59 bits per heavy atom. The number of aryl methyl sites for hydroxylation is 2. The van der Waals surface area contributed by atoms with E-state index in [1.807, 2.05) is 20.9 Å². The van der Waals surface area contributed by atoms with E-state index in [2.05, 4.69) is 21.0 Å². The van der Waals surface area contributed by atoms with Crippen molar-refractivity contribution in [2.45, 2.75) is 39.2 Å². The van der Waals surface area contributed by atoms with Gasteiger partial charge in [-0.3, -0.25) is 9.48 Å². The highest BCUT2D eigenvalue weighted by atomic mass is 79.9. The second kappa shape index (κ2) is 6.31. The van der Waals surface area contributed by atoms with Gasteiger partial charge in [-0.2, -0.15) is 5.10 Å². The molecule has 1 heterocycles. The Hall–Kier alpha value is -0.680. The molecular formula is C12H19BrN2O2. The predicted octanol–water partition coefficient (Wildman–Crippen LogP) is 2.42. The number of nitrogens with zero attached hydrogens (tertiary/aromatic N) is 2. The number of carbonyl (C=O) groups excluding carboxylic acids is 1. The first-order chi connectivity index (χ1) is 7.95. The maximum absolute atomic E-state index is 11.8. The fourth-order valence-electron chi connectivity index (χ4n) is 1.63. The van der Waals surface area contributed by atoms with Gasteiger partial charge in [-0.25, -0.2) is 0 Å². The third kappa shape index (κ3) is 3.92. The Labute approximate surface area is 110 Å². The Morgan fingerprint density at radius 3 is 2.71 bits per heavy atom. The molecule has 0 saturated heterocycles. The SMILES string of the molecule is COC(C)CCC(=O)Cc1c(Br)c(C)nn1C. The average molecular weight is 303 g/mol. The molecule has 0 aliphatic heterocycles. The number of Topliss-reactive ketones (excluding diaryl/α,β-unsaturated/α-hetero) is 1. The first kappa shape index (κ1) is 14.4. The van der Waals surface area contributed by atoms with Gasteiger partial charge >= 0.3 is 0 Å². The lowest BCUT2D eigenvalue weighted by Gasteiger charge is -2.08. The summed E-state index contributed by atoms with van der Waals surface area (Å²) in [5, 5.41) is 4.27. The number of methoxy groups -OCH3 is 1. The van der Waals surface area contributed by atoms with E-state index >= 15 is 0 Å². The Kier molecular flexibility index (Phi) is 5.33. The molecule has 1 aromatic rings. The van der Waals surface area contributed by atoms with Crippen molar-refractivity contribution < 1.29 is 9.53 Å². The van der Waals surface area contributed by atoms with Crippen molar-refractivity contribution in [2.24, 2.45) is 7.05 Å². The predicted molar refractivity (Wildman–Crippen MR) is 70.1 cm³/mol. The summed E-state index contributed by atoms with van der Waals surface area (Å²) in [6.07, 6.45) is 1.87. The number of ketones is 1. The van der Waals surface area contributed by atoms with Crippen LogP contribution in [0.15, 0.2) is 4.47 Å². The fraction of sp³-hybridized carbons (Fsp3) is 0.667. The van der Waals surface area contributed by atoms with E-state index in [0.29, 0.717) is 12.8 Å². The van der Waals surface area contributed by atoms with Crippen molar-refractivity contribution in [2.75, 3.05) is 7.11 Å². The molecule has 0 spiro atoms. The van der Waals surface area contributed by atoms with Gasteiger partial charge in [0.25, 0.3) is 0 Å². The summed E-state index contributed by atoms with van der Waals surface area (Å²) < 4.78 is 7.82. The van der Waals surface area contributed by atoms with Crippen LogP contribution in [0.2, 0.25) is 0 Å². The van der Waals surface area contributed by atoms with Crippen LogP contribution in [0.25, 0.3) is 0 Å². The van der Waals surface area contributed by atoms with Crippen LogP contribution in [0.4, 0.5) is 0 Å². The second-order valence-electron chi connectivity index (χ2n) is 4.27. The molecule has 0 aromatic carbocycles. The van der Waals surface area contributed by atoms with Crippen LogP contribution >= 0.6 is 15.9 Å². The van der Waals surface area contributed by atoms with Crippen LogP contribution in [0.3, 0.4) is 0 Å². The van der Waals surface area contributed by atoms with E-state index in [-0.39, 0.29) is 11.9 Å². The van der Waals surface area contributed by atoms with E-state index < -0.39 is 0 Å². The molecule has 1 aromatic heterocycles. The monoisotopic (exact) mass is 302 g/mol. The minimum atomic E-state index is 0.135. The number of aromatic nitrogens is 2. The molecule has 0 radical (unpaired) electrons. The topological polar surface area (TPSA) is 44.1 Å². The van der Waals surface area contributed by atoms with Crippen LogP contribution in [0.1, 0.15) is 31.2 Å². The summed E-state index contributed by atoms with van der Waals surface area (Å²) in [6, 6.07) is 0. The van der Waals surface area contributed by atoms with Gasteiger partial charge in [0, 0.05) is 27.0 Å². The largest absolute Gasteiger partial charge is 0.382 e. The molecule has 96 valence electrons. The standard InChI is InChI=1S/C12H19BrN2O2/c1-8(17-4)5-6-10(16)7-11-12(13)9(2)14-15(11)3/h8H,5-7H2,1-4H3. The van der Waals surface area contributed by atoms with Crippen molar-refractivity contribution in [3.05, 3.63) is 15.9 Å². The molecule has 0 bridgehead atoms. The minimum Gasteiger partial charge on any atom is -0.382 e. The molecule has 0 aliphatic carbocycles. The highest BCUT2D eigenvalue weighted by molar-refractivity contribution is 9.10. The molecule has 1 unspecified atom stereocenters. The lowest BCUT2D eigenvalue weighted by molar-refractivity contribution is -0.119. The van der Waals surface area contributed by atoms with E-state index in [9.17, 15) is 4.79 Å². The summed E-state index contributed by atoms with van der Waals surface area (Å²) in [6.45, 7) is 3.89. The molecule has 5 heteroatoms. The lowest BCUT2D eigenvalue weighted by atomic mass is 10.1. The van der Waals surface area contributed by atoms with Crippen molar-refractivity contribution >= 4 is 21.7 Å². The first-order valence-corrected chi connectivity index (χ1v) is 6.47. The first-order valence-electron chi connectivity index (χ1n) is 5.68. The van der Waals surface area contributed by atoms with Crippen LogP contribution in [-0.4, -0.2) is 28.8 Å². The zero-order valence-electron chi connectivity index (χ0n) is 10.8. The number of carbonyl (C=O) groups is 1. The Bertz CT molecular complexity index is 401. The van der Waals surface area contributed by atoms with E-state index in [1.54, 1.807) is 11.8 Å². The number of ether oxygens (including phenoxy) is 1. The molecule has 0 saturated carbocycles. The van der Waals surface area contributed by atoms with Gasteiger partial charge in [-0.15, -0.1) is 0 Å². The lowest BCUT2D eigenvalue weighted by Crippen LogP contribution is -2.12. The quantitative estimate of drug-likeness (QED) is 0.810. The van der Waals surface area contributed by atoms with Crippen molar-refractivity contribution in [1.82, 2.24) is 9.78 Å². The highest BCUT2D eigenvalue weighted by Gasteiger charge is 2.14. The van der Waals surface area contributed by atoms with E-state index in [4.69, 9.17) is 4.74 Å². The third-order valence-electron chi connectivity index (χ3n) is 2.86. The molecule has 0 N–H and O–H groups in total. The summed E-state index contributed by atoms with van der Waals surface area (Å²) in [5.41, 5.74) is 1.86. The molecule has 0 amide bonds. The van der Waals surface area contributed by atoms with Gasteiger partial charge in [0.15, 0.2) is 0 Å². The van der Waals surface area contributed by atoms with Gasteiger partial charge in [-0.05, 0) is 36.2 Å². The minimum absolute atomic E-state index is 0.135. The summed E-state index contributed by atoms with van der Waals surface area (Å²) >= 11 is 3.46. The average Bonchev–Trinajstić information content (AvgIpc) is 2.53. The van der Waals surface area contributed by atoms with Crippen LogP contribution in [-0.2, 0) is 23.0 Å². The smallest absolute Gasteiger partial charge is 0.138 e. The zero-order valence-corrected chi connectivity index (χ0v) is 12.4. The molecule has 1 rings (SSSR count). The maximum atomic E-state index is 11.8. The van der Waals surface area contributed by atoms with Gasteiger partial charge in [0.05, 0.1) is 22.0 Å². The highest BCUT2D eigenvalue weighted by Crippen LogP contribution is 2.21. The number of hydrogen-bond acceptors (Lipinski definition) is 3. The van der Waals surface area contributed by atoms with Crippen LogP contribution in [0.5, 0.6) is 0 Å². The van der Waals surface area contributed by atoms with Gasteiger partial charge < -0.3 is 4.74 Å². The normalized spacial score (nSPS) is 12.8. The summed E-state index contributed by atoms with van der Waals surface area (Å²) in [7, 11) is 3.52.